The van der Waals surface area contributed by atoms with Crippen molar-refractivity contribution in [1.29, 1.82) is 0 Å². The van der Waals surface area contributed by atoms with Crippen LogP contribution in [0.2, 0.25) is 5.15 Å². The van der Waals surface area contributed by atoms with Crippen LogP contribution in [0.3, 0.4) is 0 Å². The van der Waals surface area contributed by atoms with Gasteiger partial charge in [0.2, 0.25) is 5.91 Å². The van der Waals surface area contributed by atoms with Crippen LogP contribution in [-0.4, -0.2) is 56.7 Å². The molecule has 0 spiro atoms. The van der Waals surface area contributed by atoms with Crippen molar-refractivity contribution in [3.05, 3.63) is 35.1 Å². The van der Waals surface area contributed by atoms with Crippen molar-refractivity contribution in [2.75, 3.05) is 19.6 Å². The minimum absolute atomic E-state index is 0.0316. The Morgan fingerprint density at radius 3 is 2.74 bits per heavy atom. The minimum Gasteiger partial charge on any atom is -0.336 e. The van der Waals surface area contributed by atoms with Crippen molar-refractivity contribution in [3.8, 4) is 0 Å². The second kappa shape index (κ2) is 6.49. The molecule has 1 saturated heterocycles. The summed E-state index contributed by atoms with van der Waals surface area (Å²) < 4.78 is 2.88. The Labute approximate surface area is 165 Å². The number of carbonyl (C=O) groups excluding carboxylic acids is 2. The molecule has 1 saturated carbocycles. The van der Waals surface area contributed by atoms with Gasteiger partial charge < -0.3 is 9.80 Å². The molecule has 0 unspecified atom stereocenters. The van der Waals surface area contributed by atoms with E-state index in [1.807, 2.05) is 33.6 Å². The van der Waals surface area contributed by atoms with Crippen LogP contribution in [0, 0.1) is 0 Å². The van der Waals surface area contributed by atoms with Crippen molar-refractivity contribution in [1.82, 2.24) is 19.2 Å². The minimum atomic E-state index is -0.264. The molecule has 2 amide bonds. The largest absolute Gasteiger partial charge is 0.336 e. The molecule has 2 aromatic heterocycles. The third-order valence-electron chi connectivity index (χ3n) is 5.61. The van der Waals surface area contributed by atoms with Crippen LogP contribution in [0.15, 0.2) is 24.3 Å². The second-order valence-corrected chi connectivity index (χ2v) is 8.56. The lowest BCUT2D eigenvalue weighted by Crippen LogP contribution is -2.55. The number of fused-ring (bicyclic) bond motifs is 3. The molecule has 0 atom stereocenters. The molecule has 2 aliphatic rings. The smallest absolute Gasteiger partial charge is 0.276 e. The number of imidazole rings is 1. The van der Waals surface area contributed by atoms with Gasteiger partial charge in [-0.3, -0.25) is 14.0 Å². The monoisotopic (exact) mass is 402 g/mol. The fourth-order valence-corrected chi connectivity index (χ4v) is 5.60. The number of para-hydroxylation sites is 1. The second-order valence-electron chi connectivity index (χ2n) is 7.19. The van der Waals surface area contributed by atoms with Gasteiger partial charge in [0, 0.05) is 19.1 Å². The maximum absolute atomic E-state index is 13.0. The van der Waals surface area contributed by atoms with Crippen LogP contribution >= 0.6 is 22.9 Å². The highest BCUT2D eigenvalue weighted by molar-refractivity contribution is 7.23. The number of hydrogen-bond donors (Lipinski definition) is 0. The summed E-state index contributed by atoms with van der Waals surface area (Å²) in [6.07, 6.45) is 4.53. The van der Waals surface area contributed by atoms with E-state index >= 15 is 0 Å². The first-order valence-corrected chi connectivity index (χ1v) is 10.5. The molecular formula is C19H19ClN4O2S. The maximum atomic E-state index is 13.0. The lowest BCUT2D eigenvalue weighted by molar-refractivity contribution is -0.137. The first kappa shape index (κ1) is 17.0. The number of aromatic nitrogens is 2. The summed E-state index contributed by atoms with van der Waals surface area (Å²) in [6.45, 7) is 1.24. The van der Waals surface area contributed by atoms with Gasteiger partial charge in [0.25, 0.3) is 5.91 Å². The molecule has 2 fully saturated rings. The van der Waals surface area contributed by atoms with Crippen LogP contribution < -0.4 is 0 Å². The normalized spacial score (nSPS) is 18.9. The van der Waals surface area contributed by atoms with E-state index in [2.05, 4.69) is 4.98 Å². The zero-order valence-electron chi connectivity index (χ0n) is 14.7. The van der Waals surface area contributed by atoms with E-state index in [9.17, 15) is 9.59 Å². The van der Waals surface area contributed by atoms with Crippen molar-refractivity contribution in [2.45, 2.75) is 31.7 Å². The van der Waals surface area contributed by atoms with E-state index in [0.29, 0.717) is 29.2 Å². The first-order valence-electron chi connectivity index (χ1n) is 9.28. The highest BCUT2D eigenvalue weighted by atomic mass is 35.5. The number of nitrogens with zero attached hydrogens (tertiary/aromatic N) is 4. The molecule has 0 radical (unpaired) electrons. The lowest BCUT2D eigenvalue weighted by Gasteiger charge is -2.37. The summed E-state index contributed by atoms with van der Waals surface area (Å²) in [5, 5.41) is 0.318. The predicted octanol–water partition coefficient (Wildman–Crippen LogP) is 3.43. The van der Waals surface area contributed by atoms with Crippen LogP contribution in [0.5, 0.6) is 0 Å². The predicted molar refractivity (Wildman–Crippen MR) is 105 cm³/mol. The molecule has 8 heteroatoms. The van der Waals surface area contributed by atoms with E-state index in [1.165, 1.54) is 24.2 Å². The van der Waals surface area contributed by atoms with Gasteiger partial charge in [0.05, 0.1) is 10.2 Å². The Bertz CT molecular complexity index is 1050. The summed E-state index contributed by atoms with van der Waals surface area (Å²) in [4.78, 5) is 34.3. The highest BCUT2D eigenvalue weighted by Crippen LogP contribution is 2.32. The summed E-state index contributed by atoms with van der Waals surface area (Å²) in [5.41, 5.74) is 1.17. The zero-order chi connectivity index (χ0) is 18.5. The number of benzene rings is 1. The van der Waals surface area contributed by atoms with Gasteiger partial charge in [0.15, 0.2) is 10.7 Å². The Hall–Kier alpha value is -2.12. The molecule has 1 aliphatic heterocycles. The van der Waals surface area contributed by atoms with Crippen LogP contribution in [0.1, 0.15) is 36.2 Å². The Morgan fingerprint density at radius 1 is 1.19 bits per heavy atom. The van der Waals surface area contributed by atoms with Crippen molar-refractivity contribution >= 4 is 49.9 Å². The average Bonchev–Trinajstić information content (AvgIpc) is 3.38. The standard InChI is InChI=1S/C19H19ClN4O2S/c20-17-16(21-19-24(17)13-7-3-4-8-14(13)27-19)18(26)22-9-10-23(15(25)11-22)12-5-1-2-6-12/h3-4,7-8,12H,1-2,5-6,9-11H2. The molecular weight excluding hydrogens is 384 g/mol. The molecule has 3 heterocycles. The molecule has 140 valence electrons. The van der Waals surface area contributed by atoms with Crippen LogP contribution in [-0.2, 0) is 4.79 Å². The summed E-state index contributed by atoms with van der Waals surface area (Å²) in [6, 6.07) is 8.22. The van der Waals surface area contributed by atoms with E-state index in [-0.39, 0.29) is 24.1 Å². The van der Waals surface area contributed by atoms with Crippen LogP contribution in [0.4, 0.5) is 0 Å². The van der Waals surface area contributed by atoms with E-state index < -0.39 is 0 Å². The maximum Gasteiger partial charge on any atom is 0.276 e. The molecule has 1 aliphatic carbocycles. The molecule has 3 aromatic rings. The van der Waals surface area contributed by atoms with Crippen molar-refractivity contribution < 1.29 is 9.59 Å². The SMILES string of the molecule is O=C(c1nc2sc3ccccc3n2c1Cl)N1CCN(C2CCCC2)C(=O)C1. The van der Waals surface area contributed by atoms with Crippen LogP contribution in [0.25, 0.3) is 15.2 Å². The number of piperazine rings is 1. The molecule has 5 rings (SSSR count). The Kier molecular flexibility index (Phi) is 4.09. The van der Waals surface area contributed by atoms with Gasteiger partial charge in [-0.1, -0.05) is 47.9 Å². The first-order chi connectivity index (χ1) is 13.1. The van der Waals surface area contributed by atoms with Gasteiger partial charge in [-0.25, -0.2) is 4.98 Å². The number of halogens is 1. The summed E-state index contributed by atoms with van der Waals surface area (Å²) in [7, 11) is 0. The number of rotatable bonds is 2. The molecule has 1 aromatic carbocycles. The van der Waals surface area contributed by atoms with Crippen molar-refractivity contribution in [2.24, 2.45) is 0 Å². The Morgan fingerprint density at radius 2 is 1.96 bits per heavy atom. The van der Waals surface area contributed by atoms with Gasteiger partial charge in [-0.2, -0.15) is 0 Å². The van der Waals surface area contributed by atoms with E-state index in [1.54, 1.807) is 4.90 Å². The number of amides is 2. The fraction of sp³-hybridized carbons (Fsp3) is 0.421. The topological polar surface area (TPSA) is 57.9 Å². The Balaban J connectivity index is 1.41. The zero-order valence-corrected chi connectivity index (χ0v) is 16.3. The van der Waals surface area contributed by atoms with E-state index in [4.69, 9.17) is 11.6 Å². The van der Waals surface area contributed by atoms with Gasteiger partial charge in [0.1, 0.15) is 11.7 Å². The fourth-order valence-electron chi connectivity index (χ4n) is 4.23. The third kappa shape index (κ3) is 2.72. The van der Waals surface area contributed by atoms with Gasteiger partial charge >= 0.3 is 0 Å². The third-order valence-corrected chi connectivity index (χ3v) is 6.98. The van der Waals surface area contributed by atoms with Gasteiger partial charge in [-0.05, 0) is 25.0 Å². The average molecular weight is 403 g/mol. The summed E-state index contributed by atoms with van der Waals surface area (Å²) >= 11 is 8.02. The highest BCUT2D eigenvalue weighted by Gasteiger charge is 2.34. The molecule has 0 bridgehead atoms. The van der Waals surface area contributed by atoms with E-state index in [0.717, 1.165) is 23.1 Å². The van der Waals surface area contributed by atoms with Crippen molar-refractivity contribution in [3.63, 3.8) is 0 Å². The summed E-state index contributed by atoms with van der Waals surface area (Å²) in [5.74, 6) is -0.233. The quantitative estimate of drug-likeness (QED) is 0.659. The van der Waals surface area contributed by atoms with Gasteiger partial charge in [-0.15, -0.1) is 0 Å². The molecule has 27 heavy (non-hydrogen) atoms. The number of hydrogen-bond acceptors (Lipinski definition) is 4. The lowest BCUT2D eigenvalue weighted by atomic mass is 10.1. The number of carbonyl (C=O) groups is 2. The number of thiazole rings is 1. The molecule has 0 N–H and O–H groups in total. The molecule has 6 nitrogen and oxygen atoms in total.